The average Bonchev–Trinajstić information content (AvgIpc) is 2.95. The number of hydrogen-bond acceptors (Lipinski definition) is 2. The first-order chi connectivity index (χ1) is 11.0. The first-order valence-corrected chi connectivity index (χ1v) is 8.65. The van der Waals surface area contributed by atoms with Crippen LogP contribution in [0, 0.1) is 6.92 Å². The Balaban J connectivity index is 1.53. The molecule has 1 aromatic heterocycles. The van der Waals surface area contributed by atoms with Crippen LogP contribution in [0.2, 0.25) is 0 Å². The lowest BCUT2D eigenvalue weighted by Crippen LogP contribution is -2.65. The molecule has 2 saturated heterocycles. The second-order valence-electron chi connectivity index (χ2n) is 6.61. The van der Waals surface area contributed by atoms with Gasteiger partial charge in [-0.15, -0.1) is 0 Å². The molecule has 23 heavy (non-hydrogen) atoms. The van der Waals surface area contributed by atoms with Crippen LogP contribution in [0.15, 0.2) is 22.7 Å². The Morgan fingerprint density at radius 2 is 2.00 bits per heavy atom. The summed E-state index contributed by atoms with van der Waals surface area (Å²) < 4.78 is 1.05. The van der Waals surface area contributed by atoms with Gasteiger partial charge in [-0.1, -0.05) is 15.9 Å². The zero-order valence-electron chi connectivity index (χ0n) is 12.9. The van der Waals surface area contributed by atoms with Crippen LogP contribution in [0.3, 0.4) is 0 Å². The smallest absolute Gasteiger partial charge is 0.270 e. The molecule has 2 aliphatic rings. The van der Waals surface area contributed by atoms with Crippen molar-refractivity contribution < 1.29 is 9.59 Å². The Morgan fingerprint density at radius 1 is 1.30 bits per heavy atom. The topological polar surface area (TPSA) is 65.2 Å². The molecule has 2 aromatic rings. The third-order valence-corrected chi connectivity index (χ3v) is 6.01. The van der Waals surface area contributed by atoms with E-state index >= 15 is 0 Å². The molecule has 0 radical (unpaired) electrons. The van der Waals surface area contributed by atoms with Gasteiger partial charge < -0.3 is 15.2 Å². The van der Waals surface area contributed by atoms with Crippen molar-refractivity contribution in [2.24, 2.45) is 0 Å². The van der Waals surface area contributed by atoms with E-state index in [1.54, 1.807) is 0 Å². The van der Waals surface area contributed by atoms with Crippen molar-refractivity contribution in [1.29, 1.82) is 0 Å². The Morgan fingerprint density at radius 3 is 2.65 bits per heavy atom. The molecule has 0 atom stereocenters. The molecule has 2 fully saturated rings. The molecule has 2 amide bonds. The number of piperidine rings is 1. The van der Waals surface area contributed by atoms with Gasteiger partial charge >= 0.3 is 0 Å². The molecule has 0 saturated carbocycles. The summed E-state index contributed by atoms with van der Waals surface area (Å²) >= 11 is 3.53. The Hall–Kier alpha value is -1.82. The fourth-order valence-corrected chi connectivity index (χ4v) is 3.98. The van der Waals surface area contributed by atoms with Crippen molar-refractivity contribution in [3.05, 3.63) is 33.9 Å². The maximum atomic E-state index is 12.7. The van der Waals surface area contributed by atoms with E-state index in [-0.39, 0.29) is 17.4 Å². The first kappa shape index (κ1) is 14.8. The van der Waals surface area contributed by atoms with Crippen molar-refractivity contribution >= 4 is 38.6 Å². The maximum Gasteiger partial charge on any atom is 0.270 e. The van der Waals surface area contributed by atoms with Crippen LogP contribution in [0.1, 0.15) is 35.3 Å². The highest BCUT2D eigenvalue weighted by atomic mass is 79.9. The van der Waals surface area contributed by atoms with Crippen LogP contribution in [-0.4, -0.2) is 40.3 Å². The van der Waals surface area contributed by atoms with E-state index in [1.165, 1.54) is 0 Å². The molecule has 0 unspecified atom stereocenters. The number of carbonyl (C=O) groups excluding carboxylic acids is 2. The number of halogens is 1. The lowest BCUT2D eigenvalue weighted by atomic mass is 9.78. The van der Waals surface area contributed by atoms with E-state index in [4.69, 9.17) is 0 Å². The van der Waals surface area contributed by atoms with Crippen molar-refractivity contribution in [2.75, 3.05) is 13.1 Å². The van der Waals surface area contributed by atoms with Gasteiger partial charge in [0.2, 0.25) is 5.91 Å². The number of amides is 2. The number of carbonyl (C=O) groups is 2. The normalized spacial score (nSPS) is 19.7. The number of fused-ring (bicyclic) bond motifs is 1. The van der Waals surface area contributed by atoms with Crippen LogP contribution >= 0.6 is 15.9 Å². The lowest BCUT2D eigenvalue weighted by Gasteiger charge is -2.47. The number of rotatable bonds is 1. The summed E-state index contributed by atoms with van der Waals surface area (Å²) in [6.45, 7) is 3.42. The number of aromatic nitrogens is 1. The zero-order valence-corrected chi connectivity index (χ0v) is 14.5. The third-order valence-electron chi connectivity index (χ3n) is 5.15. The molecule has 0 aliphatic carbocycles. The zero-order chi connectivity index (χ0) is 16.2. The van der Waals surface area contributed by atoms with Gasteiger partial charge in [-0.2, -0.15) is 0 Å². The monoisotopic (exact) mass is 375 g/mol. The van der Waals surface area contributed by atoms with Crippen molar-refractivity contribution in [3.8, 4) is 0 Å². The van der Waals surface area contributed by atoms with Gasteiger partial charge in [-0.3, -0.25) is 9.59 Å². The largest absolute Gasteiger partial charge is 0.351 e. The summed E-state index contributed by atoms with van der Waals surface area (Å²) in [7, 11) is 0. The minimum absolute atomic E-state index is 0.0391. The highest BCUT2D eigenvalue weighted by molar-refractivity contribution is 9.10. The molecule has 0 bridgehead atoms. The Kier molecular flexibility index (Phi) is 3.27. The molecule has 3 heterocycles. The molecule has 2 N–H and O–H groups in total. The summed E-state index contributed by atoms with van der Waals surface area (Å²) in [5.41, 5.74) is 2.70. The highest BCUT2D eigenvalue weighted by Crippen LogP contribution is 2.33. The molecule has 6 heteroatoms. The number of nitrogens with one attached hydrogen (secondary N) is 2. The first-order valence-electron chi connectivity index (χ1n) is 7.86. The minimum Gasteiger partial charge on any atom is -0.351 e. The molecule has 5 nitrogen and oxygen atoms in total. The summed E-state index contributed by atoms with van der Waals surface area (Å²) in [6, 6.07) is 5.91. The quantitative estimate of drug-likeness (QED) is 0.752. The van der Waals surface area contributed by atoms with Gasteiger partial charge in [0, 0.05) is 34.9 Å². The number of nitrogens with zero attached hydrogens (tertiary/aromatic N) is 1. The van der Waals surface area contributed by atoms with Crippen molar-refractivity contribution in [2.45, 2.75) is 31.7 Å². The van der Waals surface area contributed by atoms with E-state index in [1.807, 2.05) is 30.0 Å². The van der Waals surface area contributed by atoms with Crippen LogP contribution in [0.4, 0.5) is 0 Å². The SMILES string of the molecule is Cc1c(Br)ccc2[nH]c(C(=O)N3CCC4(CC3)CC(=O)N4)cc12. The van der Waals surface area contributed by atoms with E-state index < -0.39 is 0 Å². The van der Waals surface area contributed by atoms with Crippen molar-refractivity contribution in [1.82, 2.24) is 15.2 Å². The number of benzene rings is 1. The summed E-state index contributed by atoms with van der Waals surface area (Å²) in [4.78, 5) is 29.0. The van der Waals surface area contributed by atoms with Gasteiger partial charge in [-0.25, -0.2) is 0 Å². The fourth-order valence-electron chi connectivity index (χ4n) is 3.63. The number of H-pyrrole nitrogens is 1. The molecule has 4 rings (SSSR count). The number of aromatic amines is 1. The third kappa shape index (κ3) is 2.36. The van der Waals surface area contributed by atoms with Gasteiger partial charge in [0.05, 0.1) is 5.54 Å². The summed E-state index contributed by atoms with van der Waals surface area (Å²) in [5, 5.41) is 4.07. The van der Waals surface area contributed by atoms with Gasteiger partial charge in [0.25, 0.3) is 5.91 Å². The van der Waals surface area contributed by atoms with E-state index in [9.17, 15) is 9.59 Å². The second-order valence-corrected chi connectivity index (χ2v) is 7.47. The van der Waals surface area contributed by atoms with Gasteiger partial charge in [0.15, 0.2) is 0 Å². The molecule has 120 valence electrons. The number of hydrogen-bond donors (Lipinski definition) is 2. The minimum atomic E-state index is -0.0459. The van der Waals surface area contributed by atoms with E-state index in [0.29, 0.717) is 25.2 Å². The average molecular weight is 376 g/mol. The van der Waals surface area contributed by atoms with Gasteiger partial charge in [-0.05, 0) is 43.5 Å². The maximum absolute atomic E-state index is 12.7. The predicted molar refractivity (Wildman–Crippen MR) is 91.4 cm³/mol. The number of likely N-dealkylation sites (tertiary alicyclic amines) is 1. The molecular weight excluding hydrogens is 358 g/mol. The van der Waals surface area contributed by atoms with E-state index in [2.05, 4.69) is 26.2 Å². The molecular formula is C17H18BrN3O2. The van der Waals surface area contributed by atoms with Crippen molar-refractivity contribution in [3.63, 3.8) is 0 Å². The van der Waals surface area contributed by atoms with Crippen LogP contribution in [-0.2, 0) is 4.79 Å². The molecule has 2 aliphatic heterocycles. The van der Waals surface area contributed by atoms with Crippen LogP contribution in [0.5, 0.6) is 0 Å². The number of aryl methyl sites for hydroxylation is 1. The summed E-state index contributed by atoms with van der Waals surface area (Å²) in [5.74, 6) is 0.165. The van der Waals surface area contributed by atoms with Crippen LogP contribution < -0.4 is 5.32 Å². The molecule has 1 aromatic carbocycles. The summed E-state index contributed by atoms with van der Waals surface area (Å²) in [6.07, 6.45) is 2.29. The van der Waals surface area contributed by atoms with E-state index in [0.717, 1.165) is 33.8 Å². The lowest BCUT2D eigenvalue weighted by molar-refractivity contribution is -0.134. The predicted octanol–water partition coefficient (Wildman–Crippen LogP) is 2.73. The number of β-lactam (4-membered cyclic amide) rings is 1. The van der Waals surface area contributed by atoms with Crippen LogP contribution in [0.25, 0.3) is 10.9 Å². The van der Waals surface area contributed by atoms with Gasteiger partial charge in [0.1, 0.15) is 5.69 Å². The second kappa shape index (κ2) is 5.09. The standard InChI is InChI=1S/C17H18BrN3O2/c1-10-11-8-14(19-13(11)3-2-12(10)18)16(23)21-6-4-17(5-7-21)9-15(22)20-17/h2-3,8,19H,4-7,9H2,1H3,(H,20,22). The Labute approximate surface area is 142 Å². The highest BCUT2D eigenvalue weighted by Gasteiger charge is 2.45. The molecule has 1 spiro atoms. The Bertz CT molecular complexity index is 809. The fraction of sp³-hybridized carbons (Fsp3) is 0.412.